The minimum absolute atomic E-state index is 0.266. The number of rotatable bonds is 2. The van der Waals surface area contributed by atoms with Crippen LogP contribution in [0.4, 0.5) is 0 Å². The summed E-state index contributed by atoms with van der Waals surface area (Å²) in [7, 11) is 0. The van der Waals surface area contributed by atoms with Gasteiger partial charge in [0, 0.05) is 11.6 Å². The molecule has 1 rings (SSSR count). The van der Waals surface area contributed by atoms with Gasteiger partial charge in [-0.3, -0.25) is 0 Å². The van der Waals surface area contributed by atoms with Gasteiger partial charge in [0.05, 0.1) is 0 Å². The van der Waals surface area contributed by atoms with Gasteiger partial charge in [0.1, 0.15) is 0 Å². The smallest absolute Gasteiger partial charge is 0.328 e. The molecular formula is C9H8O4. The van der Waals surface area contributed by atoms with E-state index in [-0.39, 0.29) is 17.1 Å². The molecule has 0 radical (unpaired) electrons. The minimum Gasteiger partial charge on any atom is -0.504 e. The lowest BCUT2D eigenvalue weighted by molar-refractivity contribution is -0.131. The van der Waals surface area contributed by atoms with E-state index in [2.05, 4.69) is 0 Å². The first kappa shape index (κ1) is 9.12. The monoisotopic (exact) mass is 180 g/mol. The van der Waals surface area contributed by atoms with Crippen LogP contribution < -0.4 is 0 Å². The second-order valence-electron chi connectivity index (χ2n) is 2.39. The van der Waals surface area contributed by atoms with Crippen molar-refractivity contribution in [2.75, 3.05) is 0 Å². The van der Waals surface area contributed by atoms with Gasteiger partial charge in [-0.25, -0.2) is 4.79 Å². The summed E-state index contributed by atoms with van der Waals surface area (Å²) in [6, 6.07) is 4.32. The summed E-state index contributed by atoms with van der Waals surface area (Å²) in [6.45, 7) is 0. The molecule has 0 aliphatic heterocycles. The van der Waals surface area contributed by atoms with E-state index in [0.717, 1.165) is 6.08 Å². The van der Waals surface area contributed by atoms with Crippen molar-refractivity contribution in [1.29, 1.82) is 0 Å². The molecule has 0 unspecified atom stereocenters. The van der Waals surface area contributed by atoms with Crippen LogP contribution >= 0.6 is 0 Å². The average molecular weight is 180 g/mol. The average Bonchev–Trinajstić information content (AvgIpc) is 2.07. The molecule has 1 aromatic rings. The lowest BCUT2D eigenvalue weighted by Gasteiger charge is -1.99. The highest BCUT2D eigenvalue weighted by atomic mass is 16.4. The summed E-state index contributed by atoms with van der Waals surface area (Å²) in [5.41, 5.74) is 0.266. The zero-order chi connectivity index (χ0) is 9.84. The van der Waals surface area contributed by atoms with Gasteiger partial charge in [-0.1, -0.05) is 12.1 Å². The third-order valence-electron chi connectivity index (χ3n) is 1.45. The summed E-state index contributed by atoms with van der Waals surface area (Å²) in [4.78, 5) is 10.1. The lowest BCUT2D eigenvalue weighted by Crippen LogP contribution is -1.85. The summed E-state index contributed by atoms with van der Waals surface area (Å²) in [5.74, 6) is -1.70. The molecule has 0 heterocycles. The van der Waals surface area contributed by atoms with Crippen molar-refractivity contribution < 1.29 is 20.1 Å². The van der Waals surface area contributed by atoms with E-state index < -0.39 is 5.97 Å². The van der Waals surface area contributed by atoms with E-state index in [1.165, 1.54) is 24.3 Å². The molecule has 68 valence electrons. The third-order valence-corrected chi connectivity index (χ3v) is 1.45. The quantitative estimate of drug-likeness (QED) is 0.472. The van der Waals surface area contributed by atoms with Crippen molar-refractivity contribution in [2.24, 2.45) is 0 Å². The Balaban J connectivity index is 3.02. The highest BCUT2D eigenvalue weighted by Gasteiger charge is 2.02. The van der Waals surface area contributed by atoms with Crippen LogP contribution in [0.3, 0.4) is 0 Å². The lowest BCUT2D eigenvalue weighted by atomic mass is 10.2. The van der Waals surface area contributed by atoms with E-state index in [1.807, 2.05) is 0 Å². The van der Waals surface area contributed by atoms with Crippen molar-refractivity contribution in [3.63, 3.8) is 0 Å². The van der Waals surface area contributed by atoms with Gasteiger partial charge in [-0.15, -0.1) is 0 Å². The van der Waals surface area contributed by atoms with Gasteiger partial charge in [-0.05, 0) is 12.1 Å². The third kappa shape index (κ3) is 2.23. The molecule has 13 heavy (non-hydrogen) atoms. The van der Waals surface area contributed by atoms with Crippen molar-refractivity contribution in [3.05, 3.63) is 29.8 Å². The molecule has 0 aromatic heterocycles. The standard InChI is InChI=1S/C9H8O4/c10-7-3-1-2-6(9(7)13)4-5-8(11)12/h1-5,10,13H,(H,11,12). The Morgan fingerprint density at radius 2 is 2.00 bits per heavy atom. The van der Waals surface area contributed by atoms with Gasteiger partial charge in [0.25, 0.3) is 0 Å². The molecule has 1 aromatic carbocycles. The Morgan fingerprint density at radius 1 is 1.31 bits per heavy atom. The first-order chi connectivity index (χ1) is 6.11. The Labute approximate surface area is 74.4 Å². The molecule has 0 spiro atoms. The van der Waals surface area contributed by atoms with Gasteiger partial charge in [0.15, 0.2) is 11.5 Å². The summed E-state index contributed by atoms with van der Waals surface area (Å²) in [6.07, 6.45) is 2.09. The Bertz CT molecular complexity index is 355. The minimum atomic E-state index is -1.11. The van der Waals surface area contributed by atoms with Crippen LogP contribution in [-0.4, -0.2) is 21.3 Å². The molecule has 0 aliphatic carbocycles. The maximum Gasteiger partial charge on any atom is 0.328 e. The molecule has 4 nitrogen and oxygen atoms in total. The molecule has 0 saturated carbocycles. The van der Waals surface area contributed by atoms with Gasteiger partial charge < -0.3 is 15.3 Å². The fourth-order valence-electron chi connectivity index (χ4n) is 0.844. The first-order valence-corrected chi connectivity index (χ1v) is 3.53. The number of aliphatic carboxylic acids is 1. The van der Waals surface area contributed by atoms with E-state index in [0.29, 0.717) is 0 Å². The van der Waals surface area contributed by atoms with Crippen LogP contribution in [0.15, 0.2) is 24.3 Å². The number of carbonyl (C=O) groups is 1. The molecule has 0 bridgehead atoms. The van der Waals surface area contributed by atoms with Crippen LogP contribution in [0.1, 0.15) is 5.56 Å². The van der Waals surface area contributed by atoms with Crippen molar-refractivity contribution in [3.8, 4) is 11.5 Å². The maximum absolute atomic E-state index is 10.1. The van der Waals surface area contributed by atoms with E-state index in [4.69, 9.17) is 10.2 Å². The SMILES string of the molecule is O=C(O)C=Cc1cccc(O)c1O. The molecule has 4 heteroatoms. The number of phenolic OH excluding ortho intramolecular Hbond substituents is 2. The predicted molar refractivity (Wildman–Crippen MR) is 46.4 cm³/mol. The second kappa shape index (κ2) is 3.62. The summed E-state index contributed by atoms with van der Waals surface area (Å²) in [5, 5.41) is 26.6. The maximum atomic E-state index is 10.1. The van der Waals surface area contributed by atoms with Gasteiger partial charge in [0.2, 0.25) is 0 Å². The predicted octanol–water partition coefficient (Wildman–Crippen LogP) is 1.20. The van der Waals surface area contributed by atoms with Crippen LogP contribution in [-0.2, 0) is 4.79 Å². The first-order valence-electron chi connectivity index (χ1n) is 3.53. The number of phenols is 2. The molecule has 0 atom stereocenters. The molecule has 0 amide bonds. The Kier molecular flexibility index (Phi) is 2.54. The van der Waals surface area contributed by atoms with Gasteiger partial charge >= 0.3 is 5.97 Å². The number of carboxylic acids is 1. The molecule has 0 aliphatic rings. The molecule has 3 N–H and O–H groups in total. The number of benzene rings is 1. The molecule has 0 fully saturated rings. The van der Waals surface area contributed by atoms with Crippen LogP contribution in [0, 0.1) is 0 Å². The van der Waals surface area contributed by atoms with Crippen molar-refractivity contribution in [2.45, 2.75) is 0 Å². The topological polar surface area (TPSA) is 77.8 Å². The number of aromatic hydroxyl groups is 2. The fraction of sp³-hybridized carbons (Fsp3) is 0. The highest BCUT2D eigenvalue weighted by Crippen LogP contribution is 2.28. The van der Waals surface area contributed by atoms with E-state index in [9.17, 15) is 9.90 Å². The fourth-order valence-corrected chi connectivity index (χ4v) is 0.844. The second-order valence-corrected chi connectivity index (χ2v) is 2.39. The molecular weight excluding hydrogens is 172 g/mol. The van der Waals surface area contributed by atoms with Crippen molar-refractivity contribution >= 4 is 12.0 Å². The number of para-hydroxylation sites is 1. The van der Waals surface area contributed by atoms with Crippen LogP contribution in [0.25, 0.3) is 6.08 Å². The van der Waals surface area contributed by atoms with Crippen molar-refractivity contribution in [1.82, 2.24) is 0 Å². The van der Waals surface area contributed by atoms with E-state index >= 15 is 0 Å². The zero-order valence-electron chi connectivity index (χ0n) is 6.64. The largest absolute Gasteiger partial charge is 0.504 e. The molecule has 0 saturated heterocycles. The number of hydrogen-bond acceptors (Lipinski definition) is 3. The van der Waals surface area contributed by atoms with Gasteiger partial charge in [-0.2, -0.15) is 0 Å². The number of carboxylic acid groups (broad SMARTS) is 1. The summed E-state index contributed by atoms with van der Waals surface area (Å²) >= 11 is 0. The van der Waals surface area contributed by atoms with Crippen LogP contribution in [0.2, 0.25) is 0 Å². The van der Waals surface area contributed by atoms with E-state index in [1.54, 1.807) is 0 Å². The zero-order valence-corrected chi connectivity index (χ0v) is 6.64. The normalized spacial score (nSPS) is 10.5. The summed E-state index contributed by atoms with van der Waals surface area (Å²) < 4.78 is 0. The Hall–Kier alpha value is -1.97. The van der Waals surface area contributed by atoms with Crippen LogP contribution in [0.5, 0.6) is 11.5 Å². The Morgan fingerprint density at radius 3 is 2.62 bits per heavy atom. The number of hydrogen-bond donors (Lipinski definition) is 3. The highest BCUT2D eigenvalue weighted by molar-refractivity contribution is 5.86.